The van der Waals surface area contributed by atoms with Gasteiger partial charge in [-0.3, -0.25) is 4.79 Å². The normalized spacial score (nSPS) is 15.4. The molecule has 22 heavy (non-hydrogen) atoms. The summed E-state index contributed by atoms with van der Waals surface area (Å²) < 4.78 is 43.0. The standard InChI is InChI=1S/C14H15F3N2O3/c1-9(20)2-3-13(21)19-7-11(8-19)22-12-6-10(4-5-18-12)14(15,16)17/h4-6,11H,2-3,7-8H2,1H3. The molecule has 0 N–H and O–H groups in total. The number of alkyl halides is 3. The molecule has 2 rings (SSSR count). The highest BCUT2D eigenvalue weighted by atomic mass is 19.4. The molecule has 1 aliphatic rings. The summed E-state index contributed by atoms with van der Waals surface area (Å²) in [6.45, 7) is 1.98. The van der Waals surface area contributed by atoms with Gasteiger partial charge in [0.05, 0.1) is 18.7 Å². The van der Waals surface area contributed by atoms with Crippen molar-refractivity contribution in [2.75, 3.05) is 13.1 Å². The fourth-order valence-electron chi connectivity index (χ4n) is 1.98. The lowest BCUT2D eigenvalue weighted by molar-refractivity contribution is -0.141. The molecule has 5 nitrogen and oxygen atoms in total. The van der Waals surface area contributed by atoms with Gasteiger partial charge in [0.25, 0.3) is 0 Å². The Kier molecular flexibility index (Phi) is 4.68. The van der Waals surface area contributed by atoms with Crippen LogP contribution in [0.15, 0.2) is 18.3 Å². The lowest BCUT2D eigenvalue weighted by atomic mass is 10.1. The molecule has 1 amide bonds. The number of hydrogen-bond donors (Lipinski definition) is 0. The van der Waals surface area contributed by atoms with Gasteiger partial charge in [0.15, 0.2) is 0 Å². The molecule has 1 aliphatic heterocycles. The van der Waals surface area contributed by atoms with Gasteiger partial charge in [-0.05, 0) is 13.0 Å². The molecule has 0 aliphatic carbocycles. The molecular weight excluding hydrogens is 301 g/mol. The van der Waals surface area contributed by atoms with E-state index in [1.165, 1.54) is 11.8 Å². The number of carbonyl (C=O) groups is 2. The number of rotatable bonds is 5. The van der Waals surface area contributed by atoms with E-state index in [1.807, 2.05) is 0 Å². The number of likely N-dealkylation sites (tertiary alicyclic amines) is 1. The maximum absolute atomic E-state index is 12.6. The van der Waals surface area contributed by atoms with E-state index in [1.54, 1.807) is 0 Å². The second-order valence-corrected chi connectivity index (χ2v) is 5.12. The number of hydrogen-bond acceptors (Lipinski definition) is 4. The number of ether oxygens (including phenoxy) is 1. The monoisotopic (exact) mass is 316 g/mol. The van der Waals surface area contributed by atoms with Gasteiger partial charge in [-0.2, -0.15) is 13.2 Å². The quantitative estimate of drug-likeness (QED) is 0.834. The summed E-state index contributed by atoms with van der Waals surface area (Å²) in [5.74, 6) is -0.336. The van der Waals surface area contributed by atoms with Crippen LogP contribution >= 0.6 is 0 Å². The average molecular weight is 316 g/mol. The van der Waals surface area contributed by atoms with Crippen molar-refractivity contribution in [3.63, 3.8) is 0 Å². The third-order valence-corrected chi connectivity index (χ3v) is 3.24. The van der Waals surface area contributed by atoms with Gasteiger partial charge in [-0.25, -0.2) is 4.98 Å². The molecule has 0 atom stereocenters. The van der Waals surface area contributed by atoms with Gasteiger partial charge >= 0.3 is 6.18 Å². The fraction of sp³-hybridized carbons (Fsp3) is 0.500. The molecule has 0 saturated carbocycles. The summed E-state index contributed by atoms with van der Waals surface area (Å²) >= 11 is 0. The van der Waals surface area contributed by atoms with Crippen LogP contribution in [-0.2, 0) is 15.8 Å². The highest BCUT2D eigenvalue weighted by molar-refractivity contribution is 5.84. The minimum atomic E-state index is -4.45. The van der Waals surface area contributed by atoms with Crippen molar-refractivity contribution in [3.05, 3.63) is 23.9 Å². The Balaban J connectivity index is 1.83. The molecule has 1 fully saturated rings. The van der Waals surface area contributed by atoms with Crippen molar-refractivity contribution in [3.8, 4) is 5.88 Å². The lowest BCUT2D eigenvalue weighted by Crippen LogP contribution is -2.56. The summed E-state index contributed by atoms with van der Waals surface area (Å²) in [6, 6.07) is 1.70. The van der Waals surface area contributed by atoms with Gasteiger partial charge in [0, 0.05) is 25.1 Å². The van der Waals surface area contributed by atoms with E-state index in [0.29, 0.717) is 0 Å². The van der Waals surface area contributed by atoms with Crippen LogP contribution < -0.4 is 4.74 Å². The number of nitrogens with zero attached hydrogens (tertiary/aromatic N) is 2. The van der Waals surface area contributed by atoms with Crippen LogP contribution in [0.2, 0.25) is 0 Å². The first-order valence-electron chi connectivity index (χ1n) is 6.73. The zero-order chi connectivity index (χ0) is 16.3. The van der Waals surface area contributed by atoms with Gasteiger partial charge < -0.3 is 14.4 Å². The van der Waals surface area contributed by atoms with Crippen molar-refractivity contribution in [1.82, 2.24) is 9.88 Å². The Morgan fingerprint density at radius 2 is 2.05 bits per heavy atom. The predicted octanol–water partition coefficient (Wildman–Crippen LogP) is 2.06. The Bertz CT molecular complexity index is 569. The van der Waals surface area contributed by atoms with Crippen molar-refractivity contribution < 1.29 is 27.5 Å². The zero-order valence-electron chi connectivity index (χ0n) is 11.9. The second-order valence-electron chi connectivity index (χ2n) is 5.12. The Morgan fingerprint density at radius 3 is 2.64 bits per heavy atom. The minimum Gasteiger partial charge on any atom is -0.471 e. The van der Waals surface area contributed by atoms with E-state index in [0.717, 1.165) is 18.3 Å². The Hall–Kier alpha value is -2.12. The highest BCUT2D eigenvalue weighted by Crippen LogP contribution is 2.31. The summed E-state index contributed by atoms with van der Waals surface area (Å²) in [5.41, 5.74) is -0.828. The van der Waals surface area contributed by atoms with Gasteiger partial charge in [0.2, 0.25) is 11.8 Å². The van der Waals surface area contributed by atoms with Crippen LogP contribution in [0.5, 0.6) is 5.88 Å². The van der Waals surface area contributed by atoms with Crippen LogP contribution in [0.1, 0.15) is 25.3 Å². The van der Waals surface area contributed by atoms with Crippen molar-refractivity contribution in [2.24, 2.45) is 0 Å². The molecule has 0 spiro atoms. The molecule has 2 heterocycles. The molecule has 0 bridgehead atoms. The van der Waals surface area contributed by atoms with Crippen molar-refractivity contribution in [2.45, 2.75) is 32.0 Å². The number of aromatic nitrogens is 1. The maximum atomic E-state index is 12.6. The molecule has 0 radical (unpaired) electrons. The van der Waals surface area contributed by atoms with Crippen molar-refractivity contribution in [1.29, 1.82) is 0 Å². The average Bonchev–Trinajstić information content (AvgIpc) is 2.39. The van der Waals surface area contributed by atoms with Crippen LogP contribution in [0.25, 0.3) is 0 Å². The topological polar surface area (TPSA) is 59.5 Å². The molecule has 0 aromatic carbocycles. The first-order valence-corrected chi connectivity index (χ1v) is 6.73. The smallest absolute Gasteiger partial charge is 0.416 e. The van der Waals surface area contributed by atoms with Crippen molar-refractivity contribution >= 4 is 11.7 Å². The molecule has 120 valence electrons. The third-order valence-electron chi connectivity index (χ3n) is 3.24. The fourth-order valence-corrected chi connectivity index (χ4v) is 1.98. The minimum absolute atomic E-state index is 0.0603. The highest BCUT2D eigenvalue weighted by Gasteiger charge is 2.34. The van der Waals surface area contributed by atoms with E-state index in [9.17, 15) is 22.8 Å². The number of amides is 1. The largest absolute Gasteiger partial charge is 0.471 e. The third kappa shape index (κ3) is 4.19. The molecule has 8 heteroatoms. The van der Waals surface area contributed by atoms with E-state index in [2.05, 4.69) is 4.98 Å². The summed E-state index contributed by atoms with van der Waals surface area (Å²) in [6.07, 6.45) is -3.46. The molecule has 1 saturated heterocycles. The van der Waals surface area contributed by atoms with Gasteiger partial charge in [0.1, 0.15) is 11.9 Å². The molecular formula is C14H15F3N2O3. The SMILES string of the molecule is CC(=O)CCC(=O)N1CC(Oc2cc(C(F)(F)F)ccn2)C1. The Morgan fingerprint density at radius 1 is 1.36 bits per heavy atom. The summed E-state index contributed by atoms with van der Waals surface area (Å²) in [4.78, 5) is 27.7. The van der Waals surface area contributed by atoms with E-state index < -0.39 is 11.7 Å². The first-order chi connectivity index (χ1) is 10.3. The van der Waals surface area contributed by atoms with Crippen LogP contribution in [-0.4, -0.2) is 40.8 Å². The molecule has 1 aromatic rings. The number of carbonyl (C=O) groups excluding carboxylic acids is 2. The van der Waals surface area contributed by atoms with Crippen LogP contribution in [0, 0.1) is 0 Å². The van der Waals surface area contributed by atoms with E-state index in [-0.39, 0.29) is 49.6 Å². The Labute approximate surface area is 125 Å². The van der Waals surface area contributed by atoms with Gasteiger partial charge in [-0.1, -0.05) is 0 Å². The van der Waals surface area contributed by atoms with Crippen LogP contribution in [0.4, 0.5) is 13.2 Å². The predicted molar refractivity (Wildman–Crippen MR) is 70.2 cm³/mol. The lowest BCUT2D eigenvalue weighted by Gasteiger charge is -2.38. The summed E-state index contributed by atoms with van der Waals surface area (Å²) in [7, 11) is 0. The number of Topliss-reactive ketones (excluding diaryl/α,β-unsaturated/α-hetero) is 1. The first kappa shape index (κ1) is 16.3. The second kappa shape index (κ2) is 6.33. The number of pyridine rings is 1. The van der Waals surface area contributed by atoms with Crippen LogP contribution in [0.3, 0.4) is 0 Å². The number of ketones is 1. The van der Waals surface area contributed by atoms with E-state index in [4.69, 9.17) is 4.74 Å². The molecule has 1 aromatic heterocycles. The molecule has 0 unspecified atom stereocenters. The maximum Gasteiger partial charge on any atom is 0.416 e. The number of halogens is 3. The zero-order valence-corrected chi connectivity index (χ0v) is 11.9. The summed E-state index contributed by atoms with van der Waals surface area (Å²) in [5, 5.41) is 0. The van der Waals surface area contributed by atoms with E-state index >= 15 is 0 Å². The van der Waals surface area contributed by atoms with Gasteiger partial charge in [-0.15, -0.1) is 0 Å².